The van der Waals surface area contributed by atoms with Crippen LogP contribution in [0.5, 0.6) is 0 Å². The van der Waals surface area contributed by atoms with Gasteiger partial charge in [-0.1, -0.05) is 38.2 Å². The molecule has 0 aromatic heterocycles. The Balaban J connectivity index is 2.17. The van der Waals surface area contributed by atoms with E-state index in [1.54, 1.807) is 6.07 Å². The standard InChI is InChI=1S/C16H25N3O2/c1-2-17-14-11-8-12-15(16(14)19(20)21)18-13-9-6-4-3-5-7-10-13/h8,11-13,17-18H,2-7,9-10H2,1H3. The molecule has 0 bridgehead atoms. The number of nitrogens with one attached hydrogen (secondary N) is 2. The minimum Gasteiger partial charge on any atom is -0.380 e. The highest BCUT2D eigenvalue weighted by molar-refractivity contribution is 5.76. The maximum Gasteiger partial charge on any atom is 0.315 e. The van der Waals surface area contributed by atoms with E-state index in [1.807, 2.05) is 19.1 Å². The number of hydrogen-bond acceptors (Lipinski definition) is 4. The molecule has 0 amide bonds. The lowest BCUT2D eigenvalue weighted by molar-refractivity contribution is -0.383. The van der Waals surface area contributed by atoms with Crippen LogP contribution < -0.4 is 10.6 Å². The highest BCUT2D eigenvalue weighted by atomic mass is 16.6. The highest BCUT2D eigenvalue weighted by Crippen LogP contribution is 2.34. The molecule has 0 unspecified atom stereocenters. The van der Waals surface area contributed by atoms with E-state index in [0.29, 0.717) is 24.0 Å². The van der Waals surface area contributed by atoms with Crippen molar-refractivity contribution in [1.29, 1.82) is 0 Å². The lowest BCUT2D eigenvalue weighted by Gasteiger charge is -2.22. The Hall–Kier alpha value is -1.78. The summed E-state index contributed by atoms with van der Waals surface area (Å²) in [5, 5.41) is 17.9. The number of hydrogen-bond donors (Lipinski definition) is 2. The van der Waals surface area contributed by atoms with Crippen molar-refractivity contribution in [2.75, 3.05) is 17.2 Å². The van der Waals surface area contributed by atoms with Gasteiger partial charge in [-0.2, -0.15) is 0 Å². The summed E-state index contributed by atoms with van der Waals surface area (Å²) in [6.07, 6.45) is 8.49. The number of anilines is 2. The molecule has 1 saturated carbocycles. The molecular weight excluding hydrogens is 266 g/mol. The summed E-state index contributed by atoms with van der Waals surface area (Å²) >= 11 is 0. The van der Waals surface area contributed by atoms with Crippen LogP contribution in [0, 0.1) is 10.1 Å². The minimum atomic E-state index is -0.288. The number of nitro benzene ring substituents is 1. The fraction of sp³-hybridized carbons (Fsp3) is 0.625. The van der Waals surface area contributed by atoms with E-state index >= 15 is 0 Å². The number of benzene rings is 1. The van der Waals surface area contributed by atoms with Crippen LogP contribution in [0.15, 0.2) is 18.2 Å². The number of para-hydroxylation sites is 1. The molecule has 5 heteroatoms. The van der Waals surface area contributed by atoms with Crippen molar-refractivity contribution < 1.29 is 4.92 Å². The lowest BCUT2D eigenvalue weighted by Crippen LogP contribution is -2.21. The van der Waals surface area contributed by atoms with Gasteiger partial charge in [0.25, 0.3) is 0 Å². The average molecular weight is 291 g/mol. The van der Waals surface area contributed by atoms with Crippen molar-refractivity contribution in [3.63, 3.8) is 0 Å². The topological polar surface area (TPSA) is 67.2 Å². The third-order valence-electron chi connectivity index (χ3n) is 4.05. The first kappa shape index (κ1) is 15.6. The van der Waals surface area contributed by atoms with Crippen LogP contribution in [-0.2, 0) is 0 Å². The van der Waals surface area contributed by atoms with Crippen molar-refractivity contribution in [2.24, 2.45) is 0 Å². The molecule has 116 valence electrons. The van der Waals surface area contributed by atoms with Gasteiger partial charge in [-0.15, -0.1) is 0 Å². The molecule has 1 aromatic carbocycles. The van der Waals surface area contributed by atoms with Crippen LogP contribution in [0.1, 0.15) is 51.9 Å². The molecule has 0 atom stereocenters. The zero-order valence-electron chi connectivity index (χ0n) is 12.7. The van der Waals surface area contributed by atoms with Gasteiger partial charge in [-0.3, -0.25) is 10.1 Å². The molecule has 2 rings (SSSR count). The second-order valence-corrected chi connectivity index (χ2v) is 5.68. The van der Waals surface area contributed by atoms with Crippen molar-refractivity contribution in [3.8, 4) is 0 Å². The summed E-state index contributed by atoms with van der Waals surface area (Å²) in [4.78, 5) is 11.1. The number of rotatable bonds is 5. The smallest absolute Gasteiger partial charge is 0.315 e. The molecule has 0 radical (unpaired) electrons. The van der Waals surface area contributed by atoms with Gasteiger partial charge < -0.3 is 10.6 Å². The summed E-state index contributed by atoms with van der Waals surface area (Å²) in [6.45, 7) is 2.62. The molecule has 0 saturated heterocycles. The predicted molar refractivity (Wildman–Crippen MR) is 87.0 cm³/mol. The van der Waals surface area contributed by atoms with Crippen molar-refractivity contribution in [1.82, 2.24) is 0 Å². The van der Waals surface area contributed by atoms with E-state index in [2.05, 4.69) is 10.6 Å². The largest absolute Gasteiger partial charge is 0.380 e. The van der Waals surface area contributed by atoms with Crippen LogP contribution in [0.4, 0.5) is 17.1 Å². The average Bonchev–Trinajstić information content (AvgIpc) is 2.42. The van der Waals surface area contributed by atoms with Crippen molar-refractivity contribution in [2.45, 2.75) is 57.9 Å². The molecular formula is C16H25N3O2. The van der Waals surface area contributed by atoms with Gasteiger partial charge in [-0.25, -0.2) is 0 Å². The third-order valence-corrected chi connectivity index (χ3v) is 4.05. The van der Waals surface area contributed by atoms with E-state index in [4.69, 9.17) is 0 Å². The molecule has 21 heavy (non-hydrogen) atoms. The third kappa shape index (κ3) is 4.34. The maximum atomic E-state index is 11.4. The fourth-order valence-electron chi connectivity index (χ4n) is 3.01. The maximum absolute atomic E-state index is 11.4. The van der Waals surface area contributed by atoms with Crippen molar-refractivity contribution in [3.05, 3.63) is 28.3 Å². The zero-order chi connectivity index (χ0) is 15.1. The summed E-state index contributed by atoms with van der Waals surface area (Å²) in [6, 6.07) is 5.81. The normalized spacial score (nSPS) is 16.8. The van der Waals surface area contributed by atoms with E-state index < -0.39 is 0 Å². The van der Waals surface area contributed by atoms with Crippen LogP contribution in [0.2, 0.25) is 0 Å². The second kappa shape index (κ2) is 7.86. The van der Waals surface area contributed by atoms with Gasteiger partial charge in [0.05, 0.1) is 4.92 Å². The van der Waals surface area contributed by atoms with Gasteiger partial charge in [0.1, 0.15) is 11.4 Å². The summed E-state index contributed by atoms with van der Waals surface area (Å²) in [5.74, 6) is 0. The Kier molecular flexibility index (Phi) is 5.84. The van der Waals surface area contributed by atoms with E-state index in [1.165, 1.54) is 32.1 Å². The lowest BCUT2D eigenvalue weighted by atomic mass is 9.96. The van der Waals surface area contributed by atoms with E-state index in [9.17, 15) is 10.1 Å². The van der Waals surface area contributed by atoms with Gasteiger partial charge in [0.15, 0.2) is 0 Å². The van der Waals surface area contributed by atoms with Gasteiger partial charge in [0, 0.05) is 12.6 Å². The van der Waals surface area contributed by atoms with Gasteiger partial charge >= 0.3 is 5.69 Å². The van der Waals surface area contributed by atoms with Crippen LogP contribution >= 0.6 is 0 Å². The van der Waals surface area contributed by atoms with Crippen LogP contribution in [0.25, 0.3) is 0 Å². The first-order valence-corrected chi connectivity index (χ1v) is 8.00. The molecule has 1 aromatic rings. The van der Waals surface area contributed by atoms with Crippen LogP contribution in [0.3, 0.4) is 0 Å². The SMILES string of the molecule is CCNc1cccc(NC2CCCCCCC2)c1[N+](=O)[O-]. The molecule has 0 aliphatic heterocycles. The fourth-order valence-corrected chi connectivity index (χ4v) is 3.01. The monoisotopic (exact) mass is 291 g/mol. The Morgan fingerprint density at radius 1 is 1.14 bits per heavy atom. The van der Waals surface area contributed by atoms with Gasteiger partial charge in [-0.05, 0) is 31.9 Å². The Morgan fingerprint density at radius 3 is 2.38 bits per heavy atom. The summed E-state index contributed by atoms with van der Waals surface area (Å²) < 4.78 is 0. The Morgan fingerprint density at radius 2 is 1.76 bits per heavy atom. The van der Waals surface area contributed by atoms with Gasteiger partial charge in [0.2, 0.25) is 0 Å². The number of nitro groups is 1. The molecule has 2 N–H and O–H groups in total. The quantitative estimate of drug-likeness (QED) is 0.617. The zero-order valence-corrected chi connectivity index (χ0v) is 12.7. The van der Waals surface area contributed by atoms with Crippen molar-refractivity contribution >= 4 is 17.1 Å². The molecule has 5 nitrogen and oxygen atoms in total. The highest BCUT2D eigenvalue weighted by Gasteiger charge is 2.21. The number of nitrogens with zero attached hydrogens (tertiary/aromatic N) is 1. The first-order chi connectivity index (χ1) is 10.2. The minimum absolute atomic E-state index is 0.168. The Bertz CT molecular complexity index is 469. The Labute approximate surface area is 126 Å². The second-order valence-electron chi connectivity index (χ2n) is 5.68. The summed E-state index contributed by atoms with van der Waals surface area (Å²) in [5.41, 5.74) is 1.41. The predicted octanol–water partition coefficient (Wildman–Crippen LogP) is 4.55. The van der Waals surface area contributed by atoms with E-state index in [-0.39, 0.29) is 10.6 Å². The van der Waals surface area contributed by atoms with E-state index in [0.717, 1.165) is 12.8 Å². The first-order valence-electron chi connectivity index (χ1n) is 8.00. The summed E-state index contributed by atoms with van der Waals surface area (Å²) in [7, 11) is 0. The molecule has 0 heterocycles. The molecule has 1 fully saturated rings. The van der Waals surface area contributed by atoms with Crippen LogP contribution in [-0.4, -0.2) is 17.5 Å². The molecule has 0 spiro atoms. The molecule has 1 aliphatic carbocycles. The molecule has 1 aliphatic rings.